The molecule has 13 heavy (non-hydrogen) atoms. The van der Waals surface area contributed by atoms with Crippen LogP contribution in [0.5, 0.6) is 0 Å². The van der Waals surface area contributed by atoms with Gasteiger partial charge in [0.05, 0.1) is 11.0 Å². The third-order valence-electron chi connectivity index (χ3n) is 1.76. The van der Waals surface area contributed by atoms with E-state index in [0.717, 1.165) is 16.6 Å². The Hall–Kier alpha value is -1.55. The predicted octanol–water partition coefficient (Wildman–Crippen LogP) is 1.26. The number of thiocarbonyl (C=S) groups is 1. The first-order valence-electron chi connectivity index (χ1n) is 3.78. The molecule has 0 amide bonds. The van der Waals surface area contributed by atoms with Crippen LogP contribution in [-0.4, -0.2) is 15.0 Å². The molecule has 0 spiro atoms. The molecule has 2 rings (SSSR count). The first kappa shape index (κ1) is 8.07. The molecule has 1 aromatic carbocycles. The van der Waals surface area contributed by atoms with Gasteiger partial charge in [-0.25, -0.2) is 0 Å². The van der Waals surface area contributed by atoms with Crippen LogP contribution in [0, 0.1) is 0 Å². The van der Waals surface area contributed by atoms with Gasteiger partial charge in [-0.2, -0.15) is 0 Å². The van der Waals surface area contributed by atoms with Crippen molar-refractivity contribution < 1.29 is 0 Å². The first-order chi connectivity index (χ1) is 6.29. The maximum atomic E-state index is 5.54. The first-order valence-corrected chi connectivity index (χ1v) is 4.19. The number of aromatic nitrogens is 2. The van der Waals surface area contributed by atoms with Crippen molar-refractivity contribution in [2.75, 3.05) is 0 Å². The highest BCUT2D eigenvalue weighted by Crippen LogP contribution is 2.12. The van der Waals surface area contributed by atoms with Crippen LogP contribution in [-0.2, 0) is 0 Å². The van der Waals surface area contributed by atoms with Gasteiger partial charge < -0.3 is 5.73 Å². The summed E-state index contributed by atoms with van der Waals surface area (Å²) < 4.78 is 0. The Labute approximate surface area is 80.6 Å². The zero-order chi connectivity index (χ0) is 9.26. The van der Waals surface area contributed by atoms with Crippen LogP contribution < -0.4 is 5.73 Å². The van der Waals surface area contributed by atoms with E-state index in [9.17, 15) is 0 Å². The van der Waals surface area contributed by atoms with Crippen molar-refractivity contribution in [3.05, 3.63) is 36.2 Å². The van der Waals surface area contributed by atoms with Gasteiger partial charge in [0.15, 0.2) is 0 Å². The highest BCUT2D eigenvalue weighted by atomic mass is 32.1. The summed E-state index contributed by atoms with van der Waals surface area (Å²) in [4.78, 5) is 8.67. The molecule has 0 saturated heterocycles. The summed E-state index contributed by atoms with van der Waals surface area (Å²) in [7, 11) is 0. The molecule has 0 aliphatic heterocycles. The Morgan fingerprint density at radius 3 is 2.77 bits per heavy atom. The minimum absolute atomic E-state index is 0.353. The molecular weight excluding hydrogens is 182 g/mol. The minimum Gasteiger partial charge on any atom is -0.389 e. The van der Waals surface area contributed by atoms with Crippen LogP contribution in [0.1, 0.15) is 5.56 Å². The average Bonchev–Trinajstić information content (AvgIpc) is 2.17. The van der Waals surface area contributed by atoms with E-state index in [4.69, 9.17) is 18.0 Å². The molecule has 2 aromatic rings. The molecule has 0 atom stereocenters. The third kappa shape index (κ3) is 1.36. The molecule has 3 nitrogen and oxygen atoms in total. The highest BCUT2D eigenvalue weighted by Gasteiger charge is 2.03. The number of para-hydroxylation sites is 1. The molecule has 1 heterocycles. The van der Waals surface area contributed by atoms with E-state index in [1.807, 2.05) is 18.2 Å². The summed E-state index contributed by atoms with van der Waals surface area (Å²) in [6, 6.07) is 5.59. The molecule has 0 radical (unpaired) electrons. The predicted molar refractivity (Wildman–Crippen MR) is 55.4 cm³/mol. The number of nitrogens with two attached hydrogens (primary N) is 1. The van der Waals surface area contributed by atoms with Gasteiger partial charge in [-0.15, -0.1) is 0 Å². The Balaban J connectivity index is 2.83. The van der Waals surface area contributed by atoms with Crippen LogP contribution in [0.4, 0.5) is 0 Å². The second-order valence-electron chi connectivity index (χ2n) is 2.59. The SMILES string of the molecule is NC(=S)c1cccc2nccnc12. The lowest BCUT2D eigenvalue weighted by Crippen LogP contribution is -2.10. The van der Waals surface area contributed by atoms with Gasteiger partial charge in [0.1, 0.15) is 4.99 Å². The third-order valence-corrected chi connectivity index (χ3v) is 1.98. The molecule has 4 heteroatoms. The normalized spacial score (nSPS) is 10.2. The van der Waals surface area contributed by atoms with Crippen molar-refractivity contribution in [3.8, 4) is 0 Å². The van der Waals surface area contributed by atoms with Crippen LogP contribution in [0.2, 0.25) is 0 Å². The van der Waals surface area contributed by atoms with E-state index in [1.165, 1.54) is 0 Å². The van der Waals surface area contributed by atoms with E-state index >= 15 is 0 Å². The maximum absolute atomic E-state index is 5.54. The minimum atomic E-state index is 0.353. The van der Waals surface area contributed by atoms with Gasteiger partial charge in [-0.1, -0.05) is 18.3 Å². The molecular formula is C9H7N3S. The van der Waals surface area contributed by atoms with Gasteiger partial charge in [0.2, 0.25) is 0 Å². The number of hydrogen-bond acceptors (Lipinski definition) is 3. The zero-order valence-electron chi connectivity index (χ0n) is 6.77. The van der Waals surface area contributed by atoms with E-state index < -0.39 is 0 Å². The van der Waals surface area contributed by atoms with Crippen molar-refractivity contribution in [1.82, 2.24) is 9.97 Å². The van der Waals surface area contributed by atoms with Crippen LogP contribution in [0.25, 0.3) is 11.0 Å². The second kappa shape index (κ2) is 3.06. The summed E-state index contributed by atoms with van der Waals surface area (Å²) in [6.07, 6.45) is 3.27. The molecule has 1 aromatic heterocycles. The molecule has 64 valence electrons. The number of benzene rings is 1. The quantitative estimate of drug-likeness (QED) is 0.686. The number of nitrogens with zero attached hydrogens (tertiary/aromatic N) is 2. The standard InChI is InChI=1S/C9H7N3S/c10-9(13)6-2-1-3-7-8(6)12-5-4-11-7/h1-5H,(H2,10,13). The lowest BCUT2D eigenvalue weighted by atomic mass is 10.2. The van der Waals surface area contributed by atoms with Gasteiger partial charge in [-0.3, -0.25) is 9.97 Å². The lowest BCUT2D eigenvalue weighted by molar-refractivity contribution is 1.29. The van der Waals surface area contributed by atoms with Crippen LogP contribution in [0.3, 0.4) is 0 Å². The zero-order valence-corrected chi connectivity index (χ0v) is 7.58. The van der Waals surface area contributed by atoms with Crippen molar-refractivity contribution >= 4 is 28.2 Å². The van der Waals surface area contributed by atoms with Crippen LogP contribution in [0.15, 0.2) is 30.6 Å². The lowest BCUT2D eigenvalue weighted by Gasteiger charge is -2.01. The monoisotopic (exact) mass is 189 g/mol. The van der Waals surface area contributed by atoms with Gasteiger partial charge in [0.25, 0.3) is 0 Å². The van der Waals surface area contributed by atoms with Gasteiger partial charge >= 0.3 is 0 Å². The molecule has 2 N–H and O–H groups in total. The number of rotatable bonds is 1. The number of fused-ring (bicyclic) bond motifs is 1. The Bertz CT molecular complexity index is 462. The Morgan fingerprint density at radius 1 is 1.23 bits per heavy atom. The summed E-state index contributed by atoms with van der Waals surface area (Å²) in [5, 5.41) is 0. The molecule has 0 fully saturated rings. The molecule has 0 aliphatic rings. The summed E-state index contributed by atoms with van der Waals surface area (Å²) in [5.74, 6) is 0. The van der Waals surface area contributed by atoms with E-state index in [2.05, 4.69) is 9.97 Å². The Morgan fingerprint density at radius 2 is 2.00 bits per heavy atom. The van der Waals surface area contributed by atoms with Gasteiger partial charge in [0, 0.05) is 18.0 Å². The largest absolute Gasteiger partial charge is 0.389 e. The van der Waals surface area contributed by atoms with E-state index in [1.54, 1.807) is 12.4 Å². The highest BCUT2D eigenvalue weighted by molar-refractivity contribution is 7.80. The number of hydrogen-bond donors (Lipinski definition) is 1. The summed E-state index contributed by atoms with van der Waals surface area (Å²) in [5.41, 5.74) is 7.90. The topological polar surface area (TPSA) is 51.8 Å². The average molecular weight is 189 g/mol. The van der Waals surface area contributed by atoms with Crippen molar-refractivity contribution in [2.24, 2.45) is 5.73 Å². The van der Waals surface area contributed by atoms with Crippen molar-refractivity contribution in [2.45, 2.75) is 0 Å². The van der Waals surface area contributed by atoms with Gasteiger partial charge in [-0.05, 0) is 12.1 Å². The fourth-order valence-electron chi connectivity index (χ4n) is 1.19. The van der Waals surface area contributed by atoms with E-state index in [-0.39, 0.29) is 0 Å². The van der Waals surface area contributed by atoms with E-state index in [0.29, 0.717) is 4.99 Å². The van der Waals surface area contributed by atoms with Crippen molar-refractivity contribution in [1.29, 1.82) is 0 Å². The fraction of sp³-hybridized carbons (Fsp3) is 0. The summed E-state index contributed by atoms with van der Waals surface area (Å²) >= 11 is 4.90. The van der Waals surface area contributed by atoms with Crippen LogP contribution >= 0.6 is 12.2 Å². The summed E-state index contributed by atoms with van der Waals surface area (Å²) in [6.45, 7) is 0. The van der Waals surface area contributed by atoms with Crippen molar-refractivity contribution in [3.63, 3.8) is 0 Å². The molecule has 0 bridgehead atoms. The second-order valence-corrected chi connectivity index (χ2v) is 3.03. The molecule has 0 saturated carbocycles. The Kier molecular flexibility index (Phi) is 1.90. The maximum Gasteiger partial charge on any atom is 0.106 e. The smallest absolute Gasteiger partial charge is 0.106 e. The molecule has 0 unspecified atom stereocenters. The fourth-order valence-corrected chi connectivity index (χ4v) is 1.36. The molecule has 0 aliphatic carbocycles.